The van der Waals surface area contributed by atoms with Crippen molar-refractivity contribution in [3.05, 3.63) is 33.7 Å². The fourth-order valence-electron chi connectivity index (χ4n) is 2.04. The fraction of sp³-hybridized carbons (Fsp3) is 0.438. The monoisotopic (exact) mass is 460 g/mol. The van der Waals surface area contributed by atoms with Crippen molar-refractivity contribution >= 4 is 48.3 Å². The summed E-state index contributed by atoms with van der Waals surface area (Å²) in [5, 5.41) is 11.8. The number of halogens is 1. The van der Waals surface area contributed by atoms with Gasteiger partial charge in [-0.25, -0.2) is 8.42 Å². The van der Waals surface area contributed by atoms with Gasteiger partial charge in [0.15, 0.2) is 0 Å². The van der Waals surface area contributed by atoms with Crippen molar-refractivity contribution in [3.8, 4) is 0 Å². The van der Waals surface area contributed by atoms with Gasteiger partial charge in [-0.3, -0.25) is 10.1 Å². The zero-order valence-corrected chi connectivity index (χ0v) is 18.1. The summed E-state index contributed by atoms with van der Waals surface area (Å²) in [5.41, 5.74) is 0. The molecule has 1 atom stereocenters. The van der Waals surface area contributed by atoms with E-state index in [1.165, 1.54) is 23.5 Å². The van der Waals surface area contributed by atoms with E-state index >= 15 is 0 Å². The average Bonchev–Trinajstić information content (AvgIpc) is 3.01. The molecule has 1 aromatic carbocycles. The van der Waals surface area contributed by atoms with Gasteiger partial charge < -0.3 is 0 Å². The molecule has 0 fully saturated rings. The van der Waals surface area contributed by atoms with Gasteiger partial charge >= 0.3 is 0 Å². The van der Waals surface area contributed by atoms with Crippen LogP contribution in [0.4, 0.5) is 5.13 Å². The smallest absolute Gasteiger partial charge is 0.244 e. The van der Waals surface area contributed by atoms with Crippen LogP contribution in [0.5, 0.6) is 0 Å². The lowest BCUT2D eigenvalue weighted by atomic mass is 10.1. The maximum Gasteiger partial charge on any atom is 0.244 e. The van der Waals surface area contributed by atoms with Gasteiger partial charge in [0.25, 0.3) is 0 Å². The van der Waals surface area contributed by atoms with Crippen LogP contribution < -0.4 is 10.0 Å². The van der Waals surface area contributed by atoms with E-state index in [-0.39, 0.29) is 16.7 Å². The second-order valence-electron chi connectivity index (χ2n) is 6.39. The molecule has 0 saturated heterocycles. The highest BCUT2D eigenvalue weighted by molar-refractivity contribution is 9.10. The maximum atomic E-state index is 12.6. The molecule has 26 heavy (non-hydrogen) atoms. The minimum Gasteiger partial charge on any atom is -0.299 e. The summed E-state index contributed by atoms with van der Waals surface area (Å²) in [6, 6.07) is 5.28. The third-order valence-electron chi connectivity index (χ3n) is 3.52. The number of amides is 1. The summed E-state index contributed by atoms with van der Waals surface area (Å²) in [5.74, 6) is -0.514. The molecule has 142 valence electrons. The number of nitrogens with zero attached hydrogens (tertiary/aromatic N) is 2. The van der Waals surface area contributed by atoms with Gasteiger partial charge in [-0.15, -0.1) is 10.2 Å². The van der Waals surface area contributed by atoms with E-state index in [2.05, 4.69) is 36.2 Å². The Morgan fingerprint density at radius 2 is 1.73 bits per heavy atom. The molecule has 1 heterocycles. The Morgan fingerprint density at radius 3 is 2.23 bits per heavy atom. The van der Waals surface area contributed by atoms with E-state index in [1.807, 2.05) is 13.8 Å². The number of sulfonamides is 1. The van der Waals surface area contributed by atoms with Gasteiger partial charge in [0.05, 0.1) is 4.90 Å². The van der Waals surface area contributed by atoms with E-state index in [0.717, 1.165) is 9.48 Å². The number of anilines is 1. The highest BCUT2D eigenvalue weighted by Gasteiger charge is 2.29. The Kier molecular flexibility index (Phi) is 6.89. The van der Waals surface area contributed by atoms with Crippen molar-refractivity contribution in [3.63, 3.8) is 0 Å². The van der Waals surface area contributed by atoms with Crippen LogP contribution in [0.15, 0.2) is 33.6 Å². The van der Waals surface area contributed by atoms with Gasteiger partial charge in [0, 0.05) is 10.4 Å². The lowest BCUT2D eigenvalue weighted by molar-refractivity contribution is -0.118. The number of carbonyl (C=O) groups is 1. The Balaban J connectivity index is 2.16. The number of rotatable bonds is 7. The SMILES string of the molecule is CC(C)c1nnc(NC(=O)[C@@H](NS(=O)(=O)c2ccc(Br)cc2)C(C)C)s1. The minimum atomic E-state index is -3.83. The highest BCUT2D eigenvalue weighted by Crippen LogP contribution is 2.23. The molecule has 0 aliphatic heterocycles. The van der Waals surface area contributed by atoms with E-state index < -0.39 is 22.0 Å². The van der Waals surface area contributed by atoms with Gasteiger partial charge in [-0.2, -0.15) is 4.72 Å². The maximum absolute atomic E-state index is 12.6. The molecule has 0 aliphatic carbocycles. The topological polar surface area (TPSA) is 101 Å². The van der Waals surface area contributed by atoms with E-state index in [9.17, 15) is 13.2 Å². The first-order chi connectivity index (χ1) is 12.1. The fourth-order valence-corrected chi connectivity index (χ4v) is 4.40. The molecular formula is C16H21BrN4O3S2. The van der Waals surface area contributed by atoms with Crippen molar-refractivity contribution in [2.75, 3.05) is 5.32 Å². The predicted molar refractivity (Wildman–Crippen MR) is 106 cm³/mol. The van der Waals surface area contributed by atoms with E-state index in [0.29, 0.717) is 5.13 Å². The zero-order valence-electron chi connectivity index (χ0n) is 14.9. The Hall–Kier alpha value is -1.36. The molecule has 0 bridgehead atoms. The van der Waals surface area contributed by atoms with Crippen molar-refractivity contribution in [1.29, 1.82) is 0 Å². The molecule has 0 radical (unpaired) electrons. The van der Waals surface area contributed by atoms with Gasteiger partial charge in [0.1, 0.15) is 11.0 Å². The van der Waals surface area contributed by atoms with Crippen molar-refractivity contribution in [2.24, 2.45) is 5.92 Å². The van der Waals surface area contributed by atoms with Crippen LogP contribution in [0.2, 0.25) is 0 Å². The van der Waals surface area contributed by atoms with Gasteiger partial charge in [-0.1, -0.05) is 55.0 Å². The standard InChI is InChI=1S/C16H21BrN4O3S2/c1-9(2)13(14(22)18-16-20-19-15(25-16)10(3)4)21-26(23,24)12-7-5-11(17)6-8-12/h5-10,13,21H,1-4H3,(H,18,20,22)/t13-/m0/s1. The number of benzene rings is 1. The van der Waals surface area contributed by atoms with Crippen molar-refractivity contribution < 1.29 is 13.2 Å². The second kappa shape index (κ2) is 8.55. The van der Waals surface area contributed by atoms with Crippen LogP contribution in [-0.2, 0) is 14.8 Å². The molecule has 2 aromatic rings. The molecule has 2 rings (SSSR count). The van der Waals surface area contributed by atoms with Crippen molar-refractivity contribution in [2.45, 2.75) is 44.6 Å². The molecule has 0 aliphatic rings. The first-order valence-corrected chi connectivity index (χ1v) is 11.1. The largest absolute Gasteiger partial charge is 0.299 e. The molecule has 0 saturated carbocycles. The van der Waals surface area contributed by atoms with E-state index in [4.69, 9.17) is 0 Å². The number of hydrogen-bond donors (Lipinski definition) is 2. The summed E-state index contributed by atoms with van der Waals surface area (Å²) in [6.45, 7) is 7.51. The first kappa shape index (κ1) is 20.9. The van der Waals surface area contributed by atoms with Crippen LogP contribution in [0, 0.1) is 5.92 Å². The summed E-state index contributed by atoms with van der Waals surface area (Å²) in [4.78, 5) is 12.7. The zero-order chi connectivity index (χ0) is 19.5. The quantitative estimate of drug-likeness (QED) is 0.659. The molecule has 2 N–H and O–H groups in total. The minimum absolute atomic E-state index is 0.0946. The number of hydrogen-bond acceptors (Lipinski definition) is 6. The summed E-state index contributed by atoms with van der Waals surface area (Å²) in [7, 11) is -3.83. The number of carbonyl (C=O) groups excluding carboxylic acids is 1. The van der Waals surface area contributed by atoms with Crippen LogP contribution in [0.1, 0.15) is 38.6 Å². The second-order valence-corrected chi connectivity index (χ2v) is 10.0. The molecule has 1 aromatic heterocycles. The summed E-state index contributed by atoms with van der Waals surface area (Å²) >= 11 is 4.55. The van der Waals surface area contributed by atoms with Gasteiger partial charge in [-0.05, 0) is 30.2 Å². The highest BCUT2D eigenvalue weighted by atomic mass is 79.9. The van der Waals surface area contributed by atoms with E-state index in [1.54, 1.807) is 26.0 Å². The number of nitrogens with one attached hydrogen (secondary N) is 2. The van der Waals surface area contributed by atoms with Crippen LogP contribution in [0.25, 0.3) is 0 Å². The molecule has 0 unspecified atom stereocenters. The average molecular weight is 461 g/mol. The Bertz CT molecular complexity index is 864. The summed E-state index contributed by atoms with van der Waals surface area (Å²) < 4.78 is 28.4. The molecule has 0 spiro atoms. The van der Waals surface area contributed by atoms with Crippen LogP contribution in [-0.4, -0.2) is 30.6 Å². The Morgan fingerprint density at radius 1 is 1.12 bits per heavy atom. The number of aromatic nitrogens is 2. The summed E-state index contributed by atoms with van der Waals surface area (Å²) in [6.07, 6.45) is 0. The lowest BCUT2D eigenvalue weighted by Crippen LogP contribution is -2.47. The first-order valence-electron chi connectivity index (χ1n) is 8.02. The normalized spacial score (nSPS) is 13.2. The lowest BCUT2D eigenvalue weighted by Gasteiger charge is -2.21. The molecule has 1 amide bonds. The molecule has 7 nitrogen and oxygen atoms in total. The predicted octanol–water partition coefficient (Wildman–Crippen LogP) is 3.37. The van der Waals surface area contributed by atoms with Crippen LogP contribution >= 0.6 is 27.3 Å². The van der Waals surface area contributed by atoms with Gasteiger partial charge in [0.2, 0.25) is 21.1 Å². The molecular weight excluding hydrogens is 440 g/mol. The Labute approximate surface area is 165 Å². The third kappa shape index (κ3) is 5.32. The van der Waals surface area contributed by atoms with Crippen LogP contribution in [0.3, 0.4) is 0 Å². The van der Waals surface area contributed by atoms with Crippen molar-refractivity contribution in [1.82, 2.24) is 14.9 Å². The third-order valence-corrected chi connectivity index (χ3v) is 6.64. The molecule has 10 heteroatoms.